The standard InChI is InChI=1S/C24H25N3OS/c25-15-9-3-8-14-22-23-21(18-29-22)26(16-19-10-4-1-5-11-19)24(28)27(23)17-20-12-6-2-7-13-20/h1-2,4-7,10-14,21,23H,3,8-9,16-18H2/b22-14-/t21-,23-/m0/s1. The van der Waals surface area contributed by atoms with Gasteiger partial charge in [-0.05, 0) is 24.0 Å². The first kappa shape index (κ1) is 19.6. The Kier molecular flexibility index (Phi) is 6.21. The molecule has 2 aliphatic heterocycles. The zero-order chi connectivity index (χ0) is 20.1. The Morgan fingerprint density at radius 3 is 2.24 bits per heavy atom. The summed E-state index contributed by atoms with van der Waals surface area (Å²) in [5, 5.41) is 8.79. The Morgan fingerprint density at radius 1 is 1.00 bits per heavy atom. The second-order valence-electron chi connectivity index (χ2n) is 7.49. The molecule has 2 heterocycles. The Hall–Kier alpha value is -2.71. The molecule has 2 aromatic carbocycles. The van der Waals surface area contributed by atoms with Crippen molar-refractivity contribution in [1.29, 1.82) is 5.26 Å². The van der Waals surface area contributed by atoms with Crippen LogP contribution >= 0.6 is 11.8 Å². The summed E-state index contributed by atoms with van der Waals surface area (Å²) in [6.45, 7) is 1.27. The molecular weight excluding hydrogens is 378 g/mol. The van der Waals surface area contributed by atoms with Crippen LogP contribution in [0.4, 0.5) is 4.79 Å². The molecule has 148 valence electrons. The van der Waals surface area contributed by atoms with Gasteiger partial charge in [0, 0.05) is 30.2 Å². The highest BCUT2D eigenvalue weighted by Gasteiger charge is 2.50. The number of nitrogens with zero attached hydrogens (tertiary/aromatic N) is 3. The van der Waals surface area contributed by atoms with Gasteiger partial charge in [-0.2, -0.15) is 5.26 Å². The van der Waals surface area contributed by atoms with Gasteiger partial charge in [0.25, 0.3) is 0 Å². The molecule has 0 bridgehead atoms. The summed E-state index contributed by atoms with van der Waals surface area (Å²) >= 11 is 1.87. The minimum Gasteiger partial charge on any atom is -0.314 e. The molecule has 0 unspecified atom stereocenters. The minimum atomic E-state index is 0.110. The van der Waals surface area contributed by atoms with Gasteiger partial charge >= 0.3 is 6.03 Å². The number of allylic oxidation sites excluding steroid dienone is 1. The predicted molar refractivity (Wildman–Crippen MR) is 117 cm³/mol. The third-order valence-electron chi connectivity index (χ3n) is 5.53. The summed E-state index contributed by atoms with van der Waals surface area (Å²) in [4.78, 5) is 18.8. The number of benzene rings is 2. The average Bonchev–Trinajstić information content (AvgIpc) is 3.27. The number of hydrogen-bond donors (Lipinski definition) is 0. The van der Waals surface area contributed by atoms with Gasteiger partial charge in [-0.3, -0.25) is 0 Å². The molecule has 2 aromatic rings. The van der Waals surface area contributed by atoms with E-state index in [4.69, 9.17) is 5.26 Å². The van der Waals surface area contributed by atoms with Crippen LogP contribution in [0.25, 0.3) is 0 Å². The van der Waals surface area contributed by atoms with Gasteiger partial charge in [0.1, 0.15) is 0 Å². The molecular formula is C24H25N3OS. The summed E-state index contributed by atoms with van der Waals surface area (Å²) in [7, 11) is 0. The van der Waals surface area contributed by atoms with E-state index >= 15 is 0 Å². The van der Waals surface area contributed by atoms with Gasteiger partial charge in [0.05, 0.1) is 18.2 Å². The maximum absolute atomic E-state index is 13.4. The summed E-state index contributed by atoms with van der Waals surface area (Å²) in [6.07, 6.45) is 4.60. The predicted octanol–water partition coefficient (Wildman–Crippen LogP) is 5.19. The fourth-order valence-corrected chi connectivity index (χ4v) is 5.53. The zero-order valence-electron chi connectivity index (χ0n) is 16.4. The Balaban J connectivity index is 1.58. The maximum atomic E-state index is 13.4. The SMILES string of the molecule is N#CCCC/C=C1\SC[C@H]2[C@@H]1N(Cc1ccccc1)C(=O)N2Cc1ccccc1. The minimum absolute atomic E-state index is 0.110. The van der Waals surface area contributed by atoms with Crippen LogP contribution in [0, 0.1) is 11.3 Å². The van der Waals surface area contributed by atoms with Crippen molar-refractivity contribution in [2.75, 3.05) is 5.75 Å². The fraction of sp³-hybridized carbons (Fsp3) is 0.333. The number of unbranched alkanes of at least 4 members (excludes halogenated alkanes) is 2. The van der Waals surface area contributed by atoms with Crippen molar-refractivity contribution in [3.8, 4) is 6.07 Å². The van der Waals surface area contributed by atoms with Crippen molar-refractivity contribution in [1.82, 2.24) is 9.80 Å². The lowest BCUT2D eigenvalue weighted by Crippen LogP contribution is -2.35. The van der Waals surface area contributed by atoms with Gasteiger partial charge in [0.15, 0.2) is 0 Å². The quantitative estimate of drug-likeness (QED) is 0.472. The van der Waals surface area contributed by atoms with Crippen molar-refractivity contribution in [2.24, 2.45) is 0 Å². The van der Waals surface area contributed by atoms with Crippen LogP contribution in [0.15, 0.2) is 71.6 Å². The van der Waals surface area contributed by atoms with Gasteiger partial charge in [-0.15, -0.1) is 11.8 Å². The summed E-state index contributed by atoms with van der Waals surface area (Å²) < 4.78 is 0. The molecule has 2 aliphatic rings. The van der Waals surface area contributed by atoms with E-state index in [1.165, 1.54) is 4.91 Å². The molecule has 4 rings (SSSR count). The second kappa shape index (κ2) is 9.19. The number of hydrogen-bond acceptors (Lipinski definition) is 3. The molecule has 2 amide bonds. The largest absolute Gasteiger partial charge is 0.321 e. The van der Waals surface area contributed by atoms with E-state index in [1.54, 1.807) is 0 Å². The molecule has 5 heteroatoms. The first-order chi connectivity index (χ1) is 14.3. The Bertz CT molecular complexity index is 907. The summed E-state index contributed by atoms with van der Waals surface area (Å²) in [5.41, 5.74) is 2.32. The Morgan fingerprint density at radius 2 is 1.62 bits per heavy atom. The molecule has 2 fully saturated rings. The van der Waals surface area contributed by atoms with E-state index < -0.39 is 0 Å². The fourth-order valence-electron chi connectivity index (χ4n) is 4.11. The van der Waals surface area contributed by atoms with Crippen molar-refractivity contribution in [3.63, 3.8) is 0 Å². The van der Waals surface area contributed by atoms with Crippen molar-refractivity contribution in [3.05, 3.63) is 82.8 Å². The molecule has 0 aliphatic carbocycles. The first-order valence-electron chi connectivity index (χ1n) is 10.1. The van der Waals surface area contributed by atoms with E-state index in [2.05, 4.69) is 36.4 Å². The highest BCUT2D eigenvalue weighted by Crippen LogP contribution is 2.43. The van der Waals surface area contributed by atoms with Crippen LogP contribution < -0.4 is 0 Å². The molecule has 2 saturated heterocycles. The van der Waals surface area contributed by atoms with Crippen LogP contribution in [-0.2, 0) is 13.1 Å². The Labute approximate surface area is 176 Å². The van der Waals surface area contributed by atoms with Gasteiger partial charge in [-0.1, -0.05) is 66.7 Å². The van der Waals surface area contributed by atoms with E-state index in [1.807, 2.05) is 58.0 Å². The molecule has 0 aromatic heterocycles. The smallest absolute Gasteiger partial charge is 0.314 e. The van der Waals surface area contributed by atoms with Crippen molar-refractivity contribution >= 4 is 17.8 Å². The second-order valence-corrected chi connectivity index (χ2v) is 8.58. The van der Waals surface area contributed by atoms with E-state index in [9.17, 15) is 4.79 Å². The van der Waals surface area contributed by atoms with Gasteiger partial charge in [-0.25, -0.2) is 4.79 Å². The summed E-state index contributed by atoms with van der Waals surface area (Å²) in [5.74, 6) is 0.929. The molecule has 0 N–H and O–H groups in total. The van der Waals surface area contributed by atoms with Crippen molar-refractivity contribution in [2.45, 2.75) is 44.4 Å². The number of thioether (sulfide) groups is 1. The first-order valence-corrected chi connectivity index (χ1v) is 11.1. The topological polar surface area (TPSA) is 47.3 Å². The van der Waals surface area contributed by atoms with Crippen LogP contribution in [0.3, 0.4) is 0 Å². The third kappa shape index (κ3) is 4.33. The highest BCUT2D eigenvalue weighted by molar-refractivity contribution is 8.03. The molecule has 4 nitrogen and oxygen atoms in total. The lowest BCUT2D eigenvalue weighted by Gasteiger charge is -2.23. The molecule has 0 radical (unpaired) electrons. The molecule has 0 saturated carbocycles. The molecule has 0 spiro atoms. The summed E-state index contributed by atoms with van der Waals surface area (Å²) in [6, 6.07) is 23.1. The third-order valence-corrected chi connectivity index (χ3v) is 6.78. The monoisotopic (exact) mass is 403 g/mol. The lowest BCUT2D eigenvalue weighted by molar-refractivity contribution is 0.183. The molecule has 2 atom stereocenters. The van der Waals surface area contributed by atoms with Gasteiger partial charge in [0.2, 0.25) is 0 Å². The zero-order valence-corrected chi connectivity index (χ0v) is 17.2. The number of amides is 2. The molecule has 29 heavy (non-hydrogen) atoms. The van der Waals surface area contributed by atoms with E-state index in [0.29, 0.717) is 19.5 Å². The van der Waals surface area contributed by atoms with Crippen LogP contribution in [0.5, 0.6) is 0 Å². The average molecular weight is 404 g/mol. The normalized spacial score (nSPS) is 22.2. The van der Waals surface area contributed by atoms with Gasteiger partial charge < -0.3 is 9.80 Å². The van der Waals surface area contributed by atoms with Crippen molar-refractivity contribution < 1.29 is 4.79 Å². The number of carbonyl (C=O) groups excluding carboxylic acids is 1. The van der Waals surface area contributed by atoms with Crippen LogP contribution in [0.2, 0.25) is 0 Å². The number of nitriles is 1. The number of rotatable bonds is 7. The van der Waals surface area contributed by atoms with Crippen LogP contribution in [-0.4, -0.2) is 33.7 Å². The number of fused-ring (bicyclic) bond motifs is 1. The highest BCUT2D eigenvalue weighted by atomic mass is 32.2. The maximum Gasteiger partial charge on any atom is 0.321 e. The number of carbonyl (C=O) groups is 1. The van der Waals surface area contributed by atoms with E-state index in [-0.39, 0.29) is 18.1 Å². The lowest BCUT2D eigenvalue weighted by atomic mass is 10.1. The number of urea groups is 1. The van der Waals surface area contributed by atoms with E-state index in [0.717, 1.165) is 29.7 Å². The van der Waals surface area contributed by atoms with Crippen LogP contribution in [0.1, 0.15) is 30.4 Å².